The number of carboxylic acids is 4. The Morgan fingerprint density at radius 2 is 0.663 bits per heavy atom. The highest BCUT2D eigenvalue weighted by molar-refractivity contribution is 7.60. The molecule has 8 fully saturated rings. The van der Waals surface area contributed by atoms with Crippen molar-refractivity contribution in [1.82, 2.24) is 42.5 Å². The van der Waals surface area contributed by atoms with Crippen molar-refractivity contribution in [2.45, 2.75) is 370 Å². The van der Waals surface area contributed by atoms with Crippen molar-refractivity contribution in [3.63, 3.8) is 0 Å². The van der Waals surface area contributed by atoms with E-state index in [0.717, 1.165) is 100.0 Å². The maximum Gasteiger partial charge on any atom is 0.321 e. The third-order valence-electron chi connectivity index (χ3n) is 18.8. The van der Waals surface area contributed by atoms with Crippen molar-refractivity contribution in [3.05, 3.63) is 0 Å². The van der Waals surface area contributed by atoms with Gasteiger partial charge in [-0.3, -0.25) is 28.8 Å². The Morgan fingerprint density at radius 1 is 0.404 bits per heavy atom. The number of aliphatic hydroxyl groups is 2. The Kier molecular flexibility index (Phi) is 103. The fourth-order valence-corrected chi connectivity index (χ4v) is 13.2. The number of carbonyl (C=O) groups is 6. The van der Waals surface area contributed by atoms with Crippen LogP contribution in [0, 0.1) is 46.3 Å². The lowest BCUT2D eigenvalue weighted by molar-refractivity contribution is -0.143. The lowest BCUT2D eigenvalue weighted by Gasteiger charge is -2.26. The van der Waals surface area contributed by atoms with Crippen LogP contribution in [0.2, 0.25) is 0 Å². The molecule has 2 amide bonds. The minimum atomic E-state index is -1.04. The van der Waals surface area contributed by atoms with Gasteiger partial charge in [-0.15, -0.1) is 0 Å². The second-order valence-corrected chi connectivity index (χ2v) is 28.3. The fourth-order valence-electron chi connectivity index (χ4n) is 13.2. The molecule has 2 aliphatic heterocycles. The van der Waals surface area contributed by atoms with Gasteiger partial charge in [0, 0.05) is 36.3 Å². The monoisotopic (exact) mass is 1620 g/mol. The Bertz CT molecular complexity index is 1860. The minimum Gasteiger partial charge on any atom is -0.480 e. The van der Waals surface area contributed by atoms with Gasteiger partial charge in [0.1, 0.15) is 36.4 Å². The van der Waals surface area contributed by atoms with Crippen LogP contribution in [0.15, 0.2) is 0 Å². The summed E-state index contributed by atoms with van der Waals surface area (Å²) < 4.78 is 0. The van der Waals surface area contributed by atoms with E-state index in [9.17, 15) is 39.0 Å². The number of aliphatic carboxylic acids is 4. The quantitative estimate of drug-likeness (QED) is 0.0538. The molecule has 6 saturated carbocycles. The number of amides is 2. The van der Waals surface area contributed by atoms with Crippen LogP contribution in [0.4, 0.5) is 0 Å². The topological polar surface area (TPSA) is 372 Å². The number of rotatable bonds is 20. The van der Waals surface area contributed by atoms with Gasteiger partial charge >= 0.3 is 23.9 Å². The van der Waals surface area contributed by atoms with Crippen LogP contribution in [0.3, 0.4) is 0 Å². The summed E-state index contributed by atoms with van der Waals surface area (Å²) in [5.74, 6) is 1.21. The molecule has 8 rings (SSSR count). The second-order valence-electron chi connectivity index (χ2n) is 28.3. The van der Waals surface area contributed by atoms with E-state index in [2.05, 4.69) is 56.4 Å². The summed E-state index contributed by atoms with van der Waals surface area (Å²) in [6.07, 6.45) is 25.7. The molecular formula is C76H182N10O12S6. The summed E-state index contributed by atoms with van der Waals surface area (Å²) >= 11 is 0. The average Bonchev–Trinajstić information content (AvgIpc) is 1.69. The van der Waals surface area contributed by atoms with Gasteiger partial charge < -0.3 is 84.6 Å². The van der Waals surface area contributed by atoms with Crippen molar-refractivity contribution in [2.24, 2.45) is 57.8 Å². The lowest BCUT2D eigenvalue weighted by Crippen LogP contribution is -2.46. The van der Waals surface area contributed by atoms with Crippen LogP contribution in [0.25, 0.3) is 0 Å². The molecule has 8 aliphatic rings. The fraction of sp³-hybridized carbons (Fsp3) is 0.921. The Morgan fingerprint density at radius 3 is 0.837 bits per heavy atom. The van der Waals surface area contributed by atoms with Crippen molar-refractivity contribution < 1.29 is 59.4 Å². The number of likely N-dealkylation sites (N-methyl/N-ethyl adjacent to an activating group) is 4. The first-order valence-electron chi connectivity index (χ1n) is 33.9. The first-order chi connectivity index (χ1) is 41.3. The number of carbonyl (C=O) groups excluding carboxylic acids is 2. The van der Waals surface area contributed by atoms with Crippen LogP contribution in [-0.4, -0.2) is 180 Å². The summed E-state index contributed by atoms with van der Waals surface area (Å²) in [4.78, 5) is 65.1. The van der Waals surface area contributed by atoms with Gasteiger partial charge in [-0.1, -0.05) is 194 Å². The molecule has 28 heteroatoms. The van der Waals surface area contributed by atoms with Crippen molar-refractivity contribution in [3.8, 4) is 0 Å². The lowest BCUT2D eigenvalue weighted by atomic mass is 9.84. The molecule has 104 heavy (non-hydrogen) atoms. The minimum absolute atomic E-state index is 0. The Balaban J connectivity index is -0.0000000596. The van der Waals surface area contributed by atoms with Crippen LogP contribution >= 0.6 is 81.0 Å². The zero-order chi connectivity index (χ0) is 66.9. The molecule has 22 nitrogen and oxygen atoms in total. The maximum absolute atomic E-state index is 11.3. The van der Waals surface area contributed by atoms with E-state index in [-0.39, 0.29) is 202 Å². The average molecular weight is 1620 g/mol. The van der Waals surface area contributed by atoms with Crippen molar-refractivity contribution >= 4 is 117 Å². The molecule has 2 heterocycles. The molecule has 644 valence electrons. The normalized spacial score (nSPS) is 21.8. The molecule has 14 atom stereocenters. The summed E-state index contributed by atoms with van der Waals surface area (Å²) in [6, 6.07) is -0.231. The highest BCUT2D eigenvalue weighted by Crippen LogP contribution is 2.38. The molecule has 0 aromatic carbocycles. The molecule has 2 saturated heterocycles. The van der Waals surface area contributed by atoms with Gasteiger partial charge in [-0.05, 0) is 191 Å². The van der Waals surface area contributed by atoms with Gasteiger partial charge in [0.05, 0.1) is 0 Å². The van der Waals surface area contributed by atoms with E-state index in [0.29, 0.717) is 24.7 Å². The third-order valence-corrected chi connectivity index (χ3v) is 18.8. The smallest absolute Gasteiger partial charge is 0.321 e. The van der Waals surface area contributed by atoms with Crippen LogP contribution in [-0.2, 0) is 28.8 Å². The molecule has 0 bridgehead atoms. The summed E-state index contributed by atoms with van der Waals surface area (Å²) in [5.41, 5.74) is 10.8. The molecule has 0 radical (unpaired) electrons. The van der Waals surface area contributed by atoms with E-state index in [4.69, 9.17) is 31.9 Å². The second kappa shape index (κ2) is 75.6. The zero-order valence-corrected chi connectivity index (χ0v) is 66.1. The number of nitrogens with one attached hydrogen (secondary N) is 8. The van der Waals surface area contributed by atoms with Gasteiger partial charge in [0.2, 0.25) is 0 Å². The van der Waals surface area contributed by atoms with E-state index >= 15 is 0 Å². The predicted octanol–water partition coefficient (Wildman–Crippen LogP) is 13.2. The highest BCUT2D eigenvalue weighted by Gasteiger charge is 2.38. The molecular weight excluding hydrogens is 1440 g/mol. The Labute approximate surface area is 683 Å². The maximum atomic E-state index is 11.3. The zero-order valence-electron chi connectivity index (χ0n) is 60.1. The highest BCUT2D eigenvalue weighted by atomic mass is 32.1. The predicted molar refractivity (Wildman–Crippen MR) is 480 cm³/mol. The molecule has 9 unspecified atom stereocenters. The van der Waals surface area contributed by atoms with Crippen LogP contribution in [0.5, 0.6) is 0 Å². The van der Waals surface area contributed by atoms with E-state index in [1.54, 1.807) is 28.2 Å². The third kappa shape index (κ3) is 56.7. The number of aliphatic hydroxyl groups excluding tert-OH is 2. The van der Waals surface area contributed by atoms with Crippen LogP contribution in [0.1, 0.15) is 298 Å². The van der Waals surface area contributed by atoms with E-state index in [1.165, 1.54) is 90.1 Å². The van der Waals surface area contributed by atoms with E-state index in [1.807, 2.05) is 55.4 Å². The van der Waals surface area contributed by atoms with Gasteiger partial charge in [0.25, 0.3) is 11.8 Å². The molecule has 0 aromatic rings. The Hall–Kier alpha value is -1.48. The largest absolute Gasteiger partial charge is 0.480 e. The van der Waals surface area contributed by atoms with Crippen molar-refractivity contribution in [1.29, 1.82) is 0 Å². The van der Waals surface area contributed by atoms with Crippen molar-refractivity contribution in [2.75, 3.05) is 41.3 Å². The first kappa shape index (κ1) is 141. The number of carboxylic acid groups (broad SMARTS) is 4. The number of nitrogens with two attached hydrogens (primary N) is 2. The first-order valence-corrected chi connectivity index (χ1v) is 33.9. The van der Waals surface area contributed by atoms with Gasteiger partial charge in [-0.25, -0.2) is 0 Å². The summed E-state index contributed by atoms with van der Waals surface area (Å²) in [6.45, 7) is 22.6. The standard InChI is InChI=1S/2C9H18N2O2.2C9H17NO2.2C8H15N.2C7H15NO2.10CH4.6H2S/c2*1-2-3-7(10)8(12)9(13)11-6-4-5-6;2*1-10-8(9(11)12)7-5-3-2-4-6-7;2*1-6-8-4-2-3-7(8)5-9-6;2*1-7(2,3)5(8-4)6(9)10;;;;;;;;;;;;;;;;/h2*6-8,12H,2-5,10H2,1H3,(H,11,13);2*7-8,10H,2-6H2,1H3,(H,11,12);2*6-9H,2-5H2,1H3;2*5,8H,1-4H3,(H,9,10);10*1H4;6*1H2/t7-,8?;;;;2*6-,7?,8?;2*5-;;;;;;;;;;;;;;;;/m1...1010................/s1. The van der Waals surface area contributed by atoms with Gasteiger partial charge in [-0.2, -0.15) is 81.0 Å². The summed E-state index contributed by atoms with van der Waals surface area (Å²) in [5, 5.41) is 77.7. The van der Waals surface area contributed by atoms with Crippen LogP contribution < -0.4 is 54.0 Å². The molecule has 18 N–H and O–H groups in total. The molecule has 0 aromatic heterocycles. The SMILES string of the molecule is C.C.C.C.C.C.C.C.C.C.CCCC(N)C(O)C(=O)NC1CC1.CCC[C@@H](N)C(O)C(=O)NC1CC1.CNC(C(=O)O)C1CCCCC1.CNC(C(=O)O)C1CCCCC1.CN[C@@H](C(=O)O)C(C)(C)C.CN[C@H](C(=O)O)C(C)(C)C.C[C@@H]1NCC2CCCC21.C[C@H]1NCC2CCCC21.S.S.S.S.S.S. The number of hydrogen-bond donors (Lipinski definition) is 16. The van der Waals surface area contributed by atoms with E-state index < -0.39 is 60.3 Å². The summed E-state index contributed by atoms with van der Waals surface area (Å²) in [7, 11) is 6.77. The molecule has 0 spiro atoms. The number of fused-ring (bicyclic) bond motifs is 2. The number of hydrogen-bond acceptors (Lipinski definition) is 16. The van der Waals surface area contributed by atoms with Gasteiger partial charge in [0.15, 0.2) is 0 Å². The molecule has 6 aliphatic carbocycles.